The number of halogens is 1. The van der Waals surface area contributed by atoms with E-state index in [-0.39, 0.29) is 5.69 Å². The van der Waals surface area contributed by atoms with Crippen molar-refractivity contribution in [1.82, 2.24) is 14.7 Å². The number of aromatic nitrogens is 2. The maximum absolute atomic E-state index is 13.0. The molecule has 1 aromatic carbocycles. The van der Waals surface area contributed by atoms with E-state index in [4.69, 9.17) is 5.73 Å². The number of nitrogens with two attached hydrogens (primary N) is 1. The van der Waals surface area contributed by atoms with E-state index < -0.39 is 23.7 Å². The largest absolute Gasteiger partial charge is 0.368 e. The lowest BCUT2D eigenvalue weighted by Crippen LogP contribution is -2.37. The number of hydrogen-bond donors (Lipinski definition) is 2. The highest BCUT2D eigenvalue weighted by Crippen LogP contribution is 2.15. The number of imidazole rings is 1. The van der Waals surface area contributed by atoms with Crippen LogP contribution in [0.3, 0.4) is 0 Å². The molecule has 2 heterocycles. The summed E-state index contributed by atoms with van der Waals surface area (Å²) in [7, 11) is 0. The van der Waals surface area contributed by atoms with Gasteiger partial charge in [-0.2, -0.15) is 0 Å². The fourth-order valence-electron chi connectivity index (χ4n) is 2.28. The summed E-state index contributed by atoms with van der Waals surface area (Å²) in [6.45, 7) is 0. The van der Waals surface area contributed by atoms with Crippen molar-refractivity contribution in [3.05, 3.63) is 71.9 Å². The molecule has 7 heteroatoms. The molecule has 2 amide bonds. The maximum atomic E-state index is 13.0. The van der Waals surface area contributed by atoms with E-state index in [1.807, 2.05) is 0 Å². The van der Waals surface area contributed by atoms with Gasteiger partial charge < -0.3 is 11.1 Å². The second kappa shape index (κ2) is 5.88. The minimum atomic E-state index is -1.06. The molecule has 3 rings (SSSR count). The van der Waals surface area contributed by atoms with Gasteiger partial charge in [-0.1, -0.05) is 18.2 Å². The topological polar surface area (TPSA) is 89.5 Å². The molecule has 2 aromatic heterocycles. The average Bonchev–Trinajstić information content (AvgIpc) is 2.97. The molecule has 6 nitrogen and oxygen atoms in total. The molecular weight excluding hydrogens is 299 g/mol. The van der Waals surface area contributed by atoms with Crippen LogP contribution in [0.5, 0.6) is 0 Å². The zero-order chi connectivity index (χ0) is 16.4. The van der Waals surface area contributed by atoms with E-state index in [1.165, 1.54) is 30.5 Å². The van der Waals surface area contributed by atoms with Gasteiger partial charge in [0.25, 0.3) is 5.91 Å². The Labute approximate surface area is 130 Å². The minimum Gasteiger partial charge on any atom is -0.368 e. The number of amides is 2. The van der Waals surface area contributed by atoms with Gasteiger partial charge in [-0.3, -0.25) is 14.0 Å². The predicted octanol–water partition coefficient (Wildman–Crippen LogP) is 1.43. The molecule has 0 aliphatic rings. The smallest absolute Gasteiger partial charge is 0.270 e. The summed E-state index contributed by atoms with van der Waals surface area (Å²) in [5.74, 6) is -1.68. The number of primary amides is 1. The molecule has 116 valence electrons. The Morgan fingerprint density at radius 3 is 2.61 bits per heavy atom. The quantitative estimate of drug-likeness (QED) is 0.763. The van der Waals surface area contributed by atoms with E-state index in [9.17, 15) is 14.0 Å². The SMILES string of the molecule is NC(=O)C(NC(=O)c1cnc2ccccn12)c1ccc(F)cc1. The zero-order valence-electron chi connectivity index (χ0n) is 11.9. The van der Waals surface area contributed by atoms with Gasteiger partial charge >= 0.3 is 0 Å². The first kappa shape index (κ1) is 14.7. The molecule has 0 aliphatic carbocycles. The highest BCUT2D eigenvalue weighted by atomic mass is 19.1. The lowest BCUT2D eigenvalue weighted by molar-refractivity contribution is -0.120. The van der Waals surface area contributed by atoms with Crippen LogP contribution in [-0.4, -0.2) is 21.2 Å². The second-order valence-corrected chi connectivity index (χ2v) is 4.93. The summed E-state index contributed by atoms with van der Waals surface area (Å²) in [5.41, 5.74) is 6.63. The lowest BCUT2D eigenvalue weighted by atomic mass is 10.1. The van der Waals surface area contributed by atoms with Crippen molar-refractivity contribution in [2.45, 2.75) is 6.04 Å². The summed E-state index contributed by atoms with van der Waals surface area (Å²) in [6.07, 6.45) is 3.10. The van der Waals surface area contributed by atoms with Crippen molar-refractivity contribution in [2.75, 3.05) is 0 Å². The number of nitrogens with one attached hydrogen (secondary N) is 1. The molecule has 0 bridgehead atoms. The number of carbonyl (C=O) groups is 2. The van der Waals surface area contributed by atoms with Gasteiger partial charge in [-0.25, -0.2) is 9.37 Å². The van der Waals surface area contributed by atoms with E-state index in [2.05, 4.69) is 10.3 Å². The Hall–Kier alpha value is -3.22. The summed E-state index contributed by atoms with van der Waals surface area (Å²) >= 11 is 0. The third kappa shape index (κ3) is 2.89. The normalized spacial score (nSPS) is 12.0. The van der Waals surface area contributed by atoms with Crippen molar-refractivity contribution in [3.8, 4) is 0 Å². The minimum absolute atomic E-state index is 0.272. The van der Waals surface area contributed by atoms with Crippen LogP contribution in [0.2, 0.25) is 0 Å². The van der Waals surface area contributed by atoms with E-state index >= 15 is 0 Å². The van der Waals surface area contributed by atoms with Crippen LogP contribution in [0.4, 0.5) is 4.39 Å². The van der Waals surface area contributed by atoms with Gasteiger partial charge in [-0.05, 0) is 29.8 Å². The molecule has 0 fully saturated rings. The van der Waals surface area contributed by atoms with Gasteiger partial charge in [0.2, 0.25) is 5.91 Å². The number of benzene rings is 1. The molecule has 0 saturated heterocycles. The van der Waals surface area contributed by atoms with Gasteiger partial charge in [0, 0.05) is 6.20 Å². The molecule has 1 atom stereocenters. The Morgan fingerprint density at radius 1 is 1.17 bits per heavy atom. The molecule has 0 saturated carbocycles. The van der Waals surface area contributed by atoms with E-state index in [0.717, 1.165) is 0 Å². The summed E-state index contributed by atoms with van der Waals surface area (Å²) in [6, 6.07) is 9.46. The predicted molar refractivity (Wildman–Crippen MR) is 81.0 cm³/mol. The van der Waals surface area contributed by atoms with E-state index in [0.29, 0.717) is 11.2 Å². The molecular formula is C16H13FN4O2. The maximum Gasteiger partial charge on any atom is 0.270 e. The number of nitrogens with zero attached hydrogens (tertiary/aromatic N) is 2. The summed E-state index contributed by atoms with van der Waals surface area (Å²) in [5, 5.41) is 2.55. The third-order valence-electron chi connectivity index (χ3n) is 3.41. The molecule has 0 aliphatic heterocycles. The molecule has 3 N–H and O–H groups in total. The molecule has 3 aromatic rings. The Morgan fingerprint density at radius 2 is 1.91 bits per heavy atom. The van der Waals surface area contributed by atoms with Crippen LogP contribution in [0.25, 0.3) is 5.65 Å². The first-order valence-electron chi connectivity index (χ1n) is 6.84. The standard InChI is InChI=1S/C16H13FN4O2/c17-11-6-4-10(5-7-11)14(15(18)22)20-16(23)12-9-19-13-3-1-2-8-21(12)13/h1-9,14H,(H2,18,22)(H,20,23). The van der Waals surface area contributed by atoms with Crippen LogP contribution in [-0.2, 0) is 4.79 Å². The highest BCUT2D eigenvalue weighted by Gasteiger charge is 2.22. The van der Waals surface area contributed by atoms with E-state index in [1.54, 1.807) is 28.8 Å². The molecule has 23 heavy (non-hydrogen) atoms. The highest BCUT2D eigenvalue weighted by molar-refractivity contribution is 5.96. The van der Waals surface area contributed by atoms with Gasteiger partial charge in [-0.15, -0.1) is 0 Å². The van der Waals surface area contributed by atoms with Gasteiger partial charge in [0.1, 0.15) is 23.2 Å². The van der Waals surface area contributed by atoms with Crippen molar-refractivity contribution in [2.24, 2.45) is 5.73 Å². The first-order valence-corrected chi connectivity index (χ1v) is 6.84. The summed E-state index contributed by atoms with van der Waals surface area (Å²) in [4.78, 5) is 28.2. The van der Waals surface area contributed by atoms with Crippen molar-refractivity contribution >= 4 is 17.5 Å². The number of carbonyl (C=O) groups excluding carboxylic acids is 2. The fraction of sp³-hybridized carbons (Fsp3) is 0.0625. The Balaban J connectivity index is 1.89. The second-order valence-electron chi connectivity index (χ2n) is 4.93. The monoisotopic (exact) mass is 312 g/mol. The van der Waals surface area contributed by atoms with Gasteiger partial charge in [0.05, 0.1) is 6.20 Å². The molecule has 1 unspecified atom stereocenters. The van der Waals surface area contributed by atoms with Crippen LogP contribution < -0.4 is 11.1 Å². The van der Waals surface area contributed by atoms with Gasteiger partial charge in [0.15, 0.2) is 0 Å². The van der Waals surface area contributed by atoms with Crippen LogP contribution in [0.15, 0.2) is 54.9 Å². The molecule has 0 spiro atoms. The summed E-state index contributed by atoms with van der Waals surface area (Å²) < 4.78 is 14.6. The Kier molecular flexibility index (Phi) is 3.76. The number of pyridine rings is 1. The van der Waals surface area contributed by atoms with Crippen LogP contribution >= 0.6 is 0 Å². The van der Waals surface area contributed by atoms with Crippen LogP contribution in [0.1, 0.15) is 22.1 Å². The van der Waals surface area contributed by atoms with Crippen molar-refractivity contribution < 1.29 is 14.0 Å². The number of hydrogen-bond acceptors (Lipinski definition) is 3. The third-order valence-corrected chi connectivity index (χ3v) is 3.41. The molecule has 0 radical (unpaired) electrons. The zero-order valence-corrected chi connectivity index (χ0v) is 11.9. The first-order chi connectivity index (χ1) is 11.1. The van der Waals surface area contributed by atoms with Crippen LogP contribution in [0, 0.1) is 5.82 Å². The number of fused-ring (bicyclic) bond motifs is 1. The van der Waals surface area contributed by atoms with Crippen molar-refractivity contribution in [3.63, 3.8) is 0 Å². The lowest BCUT2D eigenvalue weighted by Gasteiger charge is -2.15. The Bertz CT molecular complexity index is 873. The van der Waals surface area contributed by atoms with Crippen molar-refractivity contribution in [1.29, 1.82) is 0 Å². The average molecular weight is 312 g/mol. The fourth-order valence-corrected chi connectivity index (χ4v) is 2.28. The number of rotatable bonds is 4.